The van der Waals surface area contributed by atoms with Gasteiger partial charge in [0.15, 0.2) is 0 Å². The molecular weight excluding hydrogens is 384 g/mol. The number of aryl methyl sites for hydroxylation is 1. The second-order valence-electron chi connectivity index (χ2n) is 6.51. The highest BCUT2D eigenvalue weighted by Gasteiger charge is 2.20. The SMILES string of the molecule is Cc1c(C(=O)Nc2ccccc2C#N)sc2ncn(Cc3ccccc3)c(=O)c12. The van der Waals surface area contributed by atoms with Crippen molar-refractivity contribution in [3.63, 3.8) is 0 Å². The van der Waals surface area contributed by atoms with Crippen LogP contribution in [0.5, 0.6) is 0 Å². The van der Waals surface area contributed by atoms with E-state index in [0.29, 0.717) is 38.5 Å². The number of benzene rings is 2. The van der Waals surface area contributed by atoms with E-state index in [4.69, 9.17) is 0 Å². The van der Waals surface area contributed by atoms with Gasteiger partial charge in [-0.05, 0) is 30.2 Å². The third-order valence-corrected chi connectivity index (χ3v) is 5.81. The van der Waals surface area contributed by atoms with E-state index in [9.17, 15) is 14.9 Å². The smallest absolute Gasteiger partial charge is 0.266 e. The second kappa shape index (κ2) is 7.70. The molecule has 0 radical (unpaired) electrons. The lowest BCUT2D eigenvalue weighted by Gasteiger charge is -2.06. The molecule has 2 aromatic heterocycles. The van der Waals surface area contributed by atoms with Gasteiger partial charge in [0.05, 0.1) is 34.4 Å². The molecule has 29 heavy (non-hydrogen) atoms. The third-order valence-electron chi connectivity index (χ3n) is 4.61. The van der Waals surface area contributed by atoms with Crippen molar-refractivity contribution < 1.29 is 4.79 Å². The van der Waals surface area contributed by atoms with E-state index in [1.54, 1.807) is 35.8 Å². The summed E-state index contributed by atoms with van der Waals surface area (Å²) in [6.45, 7) is 2.16. The van der Waals surface area contributed by atoms with E-state index in [0.717, 1.165) is 5.56 Å². The second-order valence-corrected chi connectivity index (χ2v) is 7.51. The van der Waals surface area contributed by atoms with Crippen molar-refractivity contribution in [3.05, 3.63) is 92.8 Å². The van der Waals surface area contributed by atoms with Gasteiger partial charge in [0.25, 0.3) is 11.5 Å². The van der Waals surface area contributed by atoms with Crippen LogP contribution in [-0.2, 0) is 6.54 Å². The molecule has 0 bridgehead atoms. The van der Waals surface area contributed by atoms with Crippen molar-refractivity contribution >= 4 is 33.1 Å². The number of thiophene rings is 1. The molecule has 0 unspecified atom stereocenters. The molecule has 0 saturated heterocycles. The number of nitrogens with one attached hydrogen (secondary N) is 1. The highest BCUT2D eigenvalue weighted by Crippen LogP contribution is 2.28. The van der Waals surface area contributed by atoms with Gasteiger partial charge >= 0.3 is 0 Å². The fourth-order valence-corrected chi connectivity index (χ4v) is 4.17. The maximum absolute atomic E-state index is 13.0. The van der Waals surface area contributed by atoms with Crippen molar-refractivity contribution in [2.75, 3.05) is 5.32 Å². The van der Waals surface area contributed by atoms with Gasteiger partial charge in [0.2, 0.25) is 0 Å². The Hall–Kier alpha value is -3.76. The molecule has 6 nitrogen and oxygen atoms in total. The summed E-state index contributed by atoms with van der Waals surface area (Å²) in [5.41, 5.74) is 2.23. The number of anilines is 1. The summed E-state index contributed by atoms with van der Waals surface area (Å²) in [4.78, 5) is 31.1. The van der Waals surface area contributed by atoms with E-state index in [1.807, 2.05) is 30.3 Å². The van der Waals surface area contributed by atoms with Gasteiger partial charge in [0.1, 0.15) is 10.9 Å². The first kappa shape index (κ1) is 18.6. The lowest BCUT2D eigenvalue weighted by Crippen LogP contribution is -2.21. The van der Waals surface area contributed by atoms with Gasteiger partial charge in [-0.3, -0.25) is 14.2 Å². The average Bonchev–Trinajstić information content (AvgIpc) is 3.08. The summed E-state index contributed by atoms with van der Waals surface area (Å²) in [7, 11) is 0. The van der Waals surface area contributed by atoms with Crippen LogP contribution in [0, 0.1) is 18.3 Å². The van der Waals surface area contributed by atoms with Gasteiger partial charge in [0, 0.05) is 0 Å². The van der Waals surface area contributed by atoms with Gasteiger partial charge < -0.3 is 5.32 Å². The van der Waals surface area contributed by atoms with Crippen LogP contribution in [0.2, 0.25) is 0 Å². The van der Waals surface area contributed by atoms with E-state index < -0.39 is 0 Å². The molecule has 1 amide bonds. The van der Waals surface area contributed by atoms with Crippen molar-refractivity contribution in [2.24, 2.45) is 0 Å². The Labute approximate surface area is 170 Å². The molecule has 4 aromatic rings. The molecule has 0 saturated carbocycles. The van der Waals surface area contributed by atoms with E-state index >= 15 is 0 Å². The molecule has 0 aliphatic rings. The topological polar surface area (TPSA) is 87.8 Å². The predicted octanol–water partition coefficient (Wildman–Crippen LogP) is 3.94. The highest BCUT2D eigenvalue weighted by atomic mass is 32.1. The van der Waals surface area contributed by atoms with E-state index in [1.165, 1.54) is 17.7 Å². The zero-order chi connectivity index (χ0) is 20.4. The predicted molar refractivity (Wildman–Crippen MR) is 113 cm³/mol. The van der Waals surface area contributed by atoms with Crippen LogP contribution >= 0.6 is 11.3 Å². The van der Waals surface area contributed by atoms with Gasteiger partial charge in [-0.2, -0.15) is 5.26 Å². The Morgan fingerprint density at radius 1 is 1.17 bits per heavy atom. The summed E-state index contributed by atoms with van der Waals surface area (Å²) in [6, 6.07) is 18.5. The zero-order valence-corrected chi connectivity index (χ0v) is 16.4. The van der Waals surface area contributed by atoms with Crippen LogP contribution in [0.15, 0.2) is 65.7 Å². The molecule has 1 N–H and O–H groups in total. The molecule has 7 heteroatoms. The number of aromatic nitrogens is 2. The molecule has 142 valence electrons. The Morgan fingerprint density at radius 2 is 1.90 bits per heavy atom. The Bertz CT molecular complexity index is 1320. The summed E-state index contributed by atoms with van der Waals surface area (Å²) in [5, 5.41) is 12.4. The Balaban J connectivity index is 1.71. The summed E-state index contributed by atoms with van der Waals surface area (Å²) in [6.07, 6.45) is 1.51. The van der Waals surface area contributed by atoms with Gasteiger partial charge in [-0.25, -0.2) is 4.98 Å². The lowest BCUT2D eigenvalue weighted by molar-refractivity contribution is 0.103. The minimum Gasteiger partial charge on any atom is -0.320 e. The molecule has 0 aliphatic carbocycles. The number of hydrogen-bond donors (Lipinski definition) is 1. The molecule has 4 rings (SSSR count). The first-order chi connectivity index (χ1) is 14.1. The molecule has 0 atom stereocenters. The number of para-hydroxylation sites is 1. The van der Waals surface area contributed by atoms with Crippen molar-refractivity contribution in [2.45, 2.75) is 13.5 Å². The lowest BCUT2D eigenvalue weighted by atomic mass is 10.1. The Kier molecular flexibility index (Phi) is 4.94. The van der Waals surface area contributed by atoms with Crippen molar-refractivity contribution in [1.29, 1.82) is 5.26 Å². The number of nitriles is 1. The van der Waals surface area contributed by atoms with Crippen LogP contribution in [0.25, 0.3) is 10.2 Å². The first-order valence-electron chi connectivity index (χ1n) is 8.91. The maximum atomic E-state index is 13.0. The van der Waals surface area contributed by atoms with E-state index in [2.05, 4.69) is 16.4 Å². The number of fused-ring (bicyclic) bond motifs is 1. The molecule has 0 fully saturated rings. The van der Waals surface area contributed by atoms with Crippen LogP contribution < -0.4 is 10.9 Å². The zero-order valence-electron chi connectivity index (χ0n) is 15.5. The number of carbonyl (C=O) groups is 1. The van der Waals surface area contributed by atoms with Crippen LogP contribution in [0.3, 0.4) is 0 Å². The quantitative estimate of drug-likeness (QED) is 0.562. The fraction of sp³-hybridized carbons (Fsp3) is 0.0909. The molecule has 0 aliphatic heterocycles. The normalized spacial score (nSPS) is 10.6. The number of amides is 1. The average molecular weight is 400 g/mol. The fourth-order valence-electron chi connectivity index (χ4n) is 3.14. The first-order valence-corrected chi connectivity index (χ1v) is 9.73. The summed E-state index contributed by atoms with van der Waals surface area (Å²) in [5.74, 6) is -0.359. The number of hydrogen-bond acceptors (Lipinski definition) is 5. The standard InChI is InChI=1S/C22H16N4O2S/c1-14-18-21(24-13-26(22(18)28)12-15-7-3-2-4-8-15)29-19(14)20(27)25-17-10-6-5-9-16(17)11-23/h2-10,13H,12H2,1H3,(H,25,27). The monoisotopic (exact) mass is 400 g/mol. The van der Waals surface area contributed by atoms with E-state index in [-0.39, 0.29) is 11.5 Å². The minimum absolute atomic E-state index is 0.177. The molecule has 2 heterocycles. The van der Waals surface area contributed by atoms with Gasteiger partial charge in [-0.15, -0.1) is 11.3 Å². The summed E-state index contributed by atoms with van der Waals surface area (Å²) >= 11 is 1.17. The molecule has 0 spiro atoms. The minimum atomic E-state index is -0.359. The number of nitrogens with zero attached hydrogens (tertiary/aromatic N) is 3. The maximum Gasteiger partial charge on any atom is 0.266 e. The van der Waals surface area contributed by atoms with Crippen LogP contribution in [0.1, 0.15) is 26.4 Å². The third kappa shape index (κ3) is 3.53. The van der Waals surface area contributed by atoms with Crippen LogP contribution in [-0.4, -0.2) is 15.5 Å². The van der Waals surface area contributed by atoms with Gasteiger partial charge in [-0.1, -0.05) is 42.5 Å². The molecule has 2 aromatic carbocycles. The highest BCUT2D eigenvalue weighted by molar-refractivity contribution is 7.20. The molecular formula is C22H16N4O2S. The largest absolute Gasteiger partial charge is 0.320 e. The number of rotatable bonds is 4. The summed E-state index contributed by atoms with van der Waals surface area (Å²) < 4.78 is 1.55. The van der Waals surface area contributed by atoms with Crippen molar-refractivity contribution in [1.82, 2.24) is 9.55 Å². The van der Waals surface area contributed by atoms with Crippen molar-refractivity contribution in [3.8, 4) is 6.07 Å². The number of carbonyl (C=O) groups excluding carboxylic acids is 1. The van der Waals surface area contributed by atoms with Crippen LogP contribution in [0.4, 0.5) is 5.69 Å². The Morgan fingerprint density at radius 3 is 2.66 bits per heavy atom.